The van der Waals surface area contributed by atoms with Gasteiger partial charge in [0.2, 0.25) is 18.6 Å². The maximum absolute atomic E-state index is 13.3. The number of rotatable bonds is 8. The Hall–Kier alpha value is -3.87. The SMILES string of the molecule is C[C@H](C(=O)NCc1ccc2c(c1)OCO2)N(Cc1ccc(F)cc1)C(=O)Cc1ccccc1. The zero-order valence-corrected chi connectivity index (χ0v) is 18.3. The number of nitrogens with zero attached hydrogens (tertiary/aromatic N) is 1. The summed E-state index contributed by atoms with van der Waals surface area (Å²) >= 11 is 0. The maximum Gasteiger partial charge on any atom is 0.242 e. The minimum atomic E-state index is -0.722. The van der Waals surface area contributed by atoms with Crippen molar-refractivity contribution in [1.82, 2.24) is 10.2 Å². The number of fused-ring (bicyclic) bond motifs is 1. The average Bonchev–Trinajstić information content (AvgIpc) is 3.30. The van der Waals surface area contributed by atoms with E-state index in [9.17, 15) is 14.0 Å². The number of hydrogen-bond acceptors (Lipinski definition) is 4. The molecule has 0 unspecified atom stereocenters. The van der Waals surface area contributed by atoms with E-state index in [1.807, 2.05) is 42.5 Å². The molecule has 4 rings (SSSR count). The van der Waals surface area contributed by atoms with Gasteiger partial charge in [-0.1, -0.05) is 48.5 Å². The molecular weight excluding hydrogens is 423 g/mol. The molecule has 33 heavy (non-hydrogen) atoms. The summed E-state index contributed by atoms with van der Waals surface area (Å²) in [6.45, 7) is 2.37. The van der Waals surface area contributed by atoms with E-state index in [4.69, 9.17) is 9.47 Å². The van der Waals surface area contributed by atoms with E-state index in [2.05, 4.69) is 5.32 Å². The normalized spacial score (nSPS) is 12.8. The first-order chi connectivity index (χ1) is 16.0. The quantitative estimate of drug-likeness (QED) is 0.569. The van der Waals surface area contributed by atoms with Crippen molar-refractivity contribution in [2.45, 2.75) is 32.5 Å². The van der Waals surface area contributed by atoms with Crippen molar-refractivity contribution in [3.63, 3.8) is 0 Å². The van der Waals surface area contributed by atoms with Crippen LogP contribution in [-0.2, 0) is 29.1 Å². The van der Waals surface area contributed by atoms with Gasteiger partial charge in [0.15, 0.2) is 11.5 Å². The summed E-state index contributed by atoms with van der Waals surface area (Å²) in [5.41, 5.74) is 2.47. The molecule has 3 aromatic rings. The van der Waals surface area contributed by atoms with Gasteiger partial charge in [0, 0.05) is 13.1 Å². The van der Waals surface area contributed by atoms with Crippen LogP contribution in [0.2, 0.25) is 0 Å². The monoisotopic (exact) mass is 448 g/mol. The summed E-state index contributed by atoms with van der Waals surface area (Å²) in [7, 11) is 0. The second-order valence-electron chi connectivity index (χ2n) is 7.89. The minimum Gasteiger partial charge on any atom is -0.454 e. The molecule has 1 atom stereocenters. The highest BCUT2D eigenvalue weighted by molar-refractivity contribution is 5.88. The third-order valence-corrected chi connectivity index (χ3v) is 5.54. The third-order valence-electron chi connectivity index (χ3n) is 5.54. The van der Waals surface area contributed by atoms with E-state index in [-0.39, 0.29) is 43.9 Å². The first-order valence-corrected chi connectivity index (χ1v) is 10.7. The van der Waals surface area contributed by atoms with Gasteiger partial charge < -0.3 is 19.7 Å². The van der Waals surface area contributed by atoms with Crippen LogP contribution in [0.4, 0.5) is 4.39 Å². The highest BCUT2D eigenvalue weighted by atomic mass is 19.1. The number of ether oxygens (including phenoxy) is 2. The molecule has 0 radical (unpaired) electrons. The Morgan fingerprint density at radius 2 is 1.64 bits per heavy atom. The first-order valence-electron chi connectivity index (χ1n) is 10.7. The van der Waals surface area contributed by atoms with Gasteiger partial charge in [-0.25, -0.2) is 4.39 Å². The van der Waals surface area contributed by atoms with E-state index in [0.29, 0.717) is 11.5 Å². The molecule has 2 amide bonds. The van der Waals surface area contributed by atoms with Gasteiger partial charge in [-0.15, -0.1) is 0 Å². The number of amides is 2. The highest BCUT2D eigenvalue weighted by Gasteiger charge is 2.26. The minimum absolute atomic E-state index is 0.168. The molecule has 6 nitrogen and oxygen atoms in total. The van der Waals surface area contributed by atoms with Crippen LogP contribution < -0.4 is 14.8 Å². The van der Waals surface area contributed by atoms with E-state index in [1.165, 1.54) is 17.0 Å². The van der Waals surface area contributed by atoms with Crippen molar-refractivity contribution in [3.8, 4) is 11.5 Å². The Morgan fingerprint density at radius 3 is 2.39 bits per heavy atom. The van der Waals surface area contributed by atoms with Crippen LogP contribution in [0, 0.1) is 5.82 Å². The molecule has 0 bridgehead atoms. The number of carbonyl (C=O) groups is 2. The molecule has 1 aliphatic heterocycles. The predicted octanol–water partition coefficient (Wildman–Crippen LogP) is 3.83. The van der Waals surface area contributed by atoms with Crippen molar-refractivity contribution >= 4 is 11.8 Å². The molecule has 170 valence electrons. The predicted molar refractivity (Wildman–Crippen MR) is 121 cm³/mol. The van der Waals surface area contributed by atoms with E-state index >= 15 is 0 Å². The summed E-state index contributed by atoms with van der Waals surface area (Å²) < 4.78 is 24.0. The molecule has 0 fully saturated rings. The first kappa shape index (κ1) is 22.3. The lowest BCUT2D eigenvalue weighted by Gasteiger charge is -2.29. The molecule has 1 N–H and O–H groups in total. The number of hydrogen-bond donors (Lipinski definition) is 1. The second kappa shape index (κ2) is 10.2. The van der Waals surface area contributed by atoms with Crippen LogP contribution in [0.5, 0.6) is 11.5 Å². The summed E-state index contributed by atoms with van der Waals surface area (Å²) in [4.78, 5) is 27.7. The smallest absolute Gasteiger partial charge is 0.242 e. The molecular formula is C26H25FN2O4. The van der Waals surface area contributed by atoms with Crippen molar-refractivity contribution < 1.29 is 23.5 Å². The maximum atomic E-state index is 13.3. The third kappa shape index (κ3) is 5.68. The highest BCUT2D eigenvalue weighted by Crippen LogP contribution is 2.32. The van der Waals surface area contributed by atoms with Crippen molar-refractivity contribution in [3.05, 3.63) is 95.3 Å². The molecule has 0 aromatic heterocycles. The van der Waals surface area contributed by atoms with Crippen LogP contribution in [0.25, 0.3) is 0 Å². The van der Waals surface area contributed by atoms with Crippen LogP contribution in [0.3, 0.4) is 0 Å². The molecule has 7 heteroatoms. The molecule has 0 saturated carbocycles. The van der Waals surface area contributed by atoms with Crippen molar-refractivity contribution in [1.29, 1.82) is 0 Å². The summed E-state index contributed by atoms with van der Waals surface area (Å²) in [6, 6.07) is 20.1. The fraction of sp³-hybridized carbons (Fsp3) is 0.231. The number of benzene rings is 3. The lowest BCUT2D eigenvalue weighted by atomic mass is 10.1. The van der Waals surface area contributed by atoms with Gasteiger partial charge in [-0.05, 0) is 47.9 Å². The largest absolute Gasteiger partial charge is 0.454 e. The molecule has 1 heterocycles. The van der Waals surface area contributed by atoms with Crippen LogP contribution in [-0.4, -0.2) is 29.5 Å². The topological polar surface area (TPSA) is 67.9 Å². The van der Waals surface area contributed by atoms with Crippen LogP contribution in [0.15, 0.2) is 72.8 Å². The van der Waals surface area contributed by atoms with E-state index in [0.717, 1.165) is 16.7 Å². The van der Waals surface area contributed by atoms with Crippen LogP contribution >= 0.6 is 0 Å². The zero-order valence-electron chi connectivity index (χ0n) is 18.3. The van der Waals surface area contributed by atoms with Gasteiger partial charge in [0.25, 0.3) is 0 Å². The molecule has 0 aliphatic carbocycles. The van der Waals surface area contributed by atoms with Gasteiger partial charge in [-0.3, -0.25) is 9.59 Å². The molecule has 1 aliphatic rings. The Kier molecular flexibility index (Phi) is 6.88. The Bertz CT molecular complexity index is 1120. The lowest BCUT2D eigenvalue weighted by molar-refractivity contribution is -0.140. The van der Waals surface area contributed by atoms with Gasteiger partial charge in [0.05, 0.1) is 6.42 Å². The number of carbonyl (C=O) groups excluding carboxylic acids is 2. The Balaban J connectivity index is 1.46. The van der Waals surface area contributed by atoms with Gasteiger partial charge in [0.1, 0.15) is 11.9 Å². The lowest BCUT2D eigenvalue weighted by Crippen LogP contribution is -2.48. The number of halogens is 1. The van der Waals surface area contributed by atoms with Gasteiger partial charge >= 0.3 is 0 Å². The average molecular weight is 448 g/mol. The second-order valence-corrected chi connectivity index (χ2v) is 7.89. The summed E-state index contributed by atoms with van der Waals surface area (Å²) in [5.74, 6) is 0.504. The molecule has 0 saturated heterocycles. The fourth-order valence-electron chi connectivity index (χ4n) is 3.63. The fourth-order valence-corrected chi connectivity index (χ4v) is 3.63. The Morgan fingerprint density at radius 1 is 0.939 bits per heavy atom. The number of nitrogens with one attached hydrogen (secondary N) is 1. The van der Waals surface area contributed by atoms with E-state index in [1.54, 1.807) is 25.1 Å². The summed E-state index contributed by atoms with van der Waals surface area (Å²) in [6.07, 6.45) is 0.168. The van der Waals surface area contributed by atoms with Crippen molar-refractivity contribution in [2.75, 3.05) is 6.79 Å². The Labute approximate surface area is 191 Å². The van der Waals surface area contributed by atoms with Gasteiger partial charge in [-0.2, -0.15) is 0 Å². The zero-order chi connectivity index (χ0) is 23.2. The van der Waals surface area contributed by atoms with Crippen LogP contribution in [0.1, 0.15) is 23.6 Å². The van der Waals surface area contributed by atoms with E-state index < -0.39 is 6.04 Å². The molecule has 0 spiro atoms. The standard InChI is InChI=1S/C26H25FN2O4/c1-18(26(31)28-15-21-9-12-23-24(13-21)33-17-32-23)29(16-20-7-10-22(27)11-8-20)25(30)14-19-5-3-2-4-6-19/h2-13,18H,14-17H2,1H3,(H,28,31)/t18-/m1/s1. The molecule has 3 aromatic carbocycles. The van der Waals surface area contributed by atoms with Crippen molar-refractivity contribution in [2.24, 2.45) is 0 Å². The summed E-state index contributed by atoms with van der Waals surface area (Å²) in [5, 5.41) is 2.89.